The average Bonchev–Trinajstić information content (AvgIpc) is 2.97. The van der Waals surface area contributed by atoms with E-state index >= 15 is 0 Å². The Balaban J connectivity index is 1.91. The first kappa shape index (κ1) is 17.4. The van der Waals surface area contributed by atoms with E-state index in [-0.39, 0.29) is 5.92 Å². The average molecular weight is 322 g/mol. The number of piperidine rings is 1. The number of alkyl halides is 3. The molecular weight excluding hydrogens is 297 g/mol. The molecule has 1 aliphatic heterocycles. The van der Waals surface area contributed by atoms with E-state index in [1.165, 1.54) is 4.90 Å². The zero-order valence-corrected chi connectivity index (χ0v) is 12.9. The van der Waals surface area contributed by atoms with Gasteiger partial charge in [0.05, 0.1) is 6.10 Å². The molecule has 4 nitrogen and oxygen atoms in total. The number of amides is 2. The molecule has 22 heavy (non-hydrogen) atoms. The van der Waals surface area contributed by atoms with Gasteiger partial charge in [0, 0.05) is 13.1 Å². The van der Waals surface area contributed by atoms with E-state index in [0.717, 1.165) is 12.8 Å². The third-order valence-corrected chi connectivity index (χ3v) is 5.01. The highest BCUT2D eigenvalue weighted by atomic mass is 19.4. The molecule has 7 heteroatoms. The molecule has 2 atom stereocenters. The minimum Gasteiger partial charge on any atom is -0.393 e. The number of urea groups is 1. The largest absolute Gasteiger partial charge is 0.408 e. The molecular formula is C15H25F3N2O2. The van der Waals surface area contributed by atoms with Crippen LogP contribution in [-0.4, -0.2) is 47.4 Å². The first-order valence-electron chi connectivity index (χ1n) is 8.09. The fourth-order valence-electron chi connectivity index (χ4n) is 3.57. The Kier molecular flexibility index (Phi) is 5.58. The van der Waals surface area contributed by atoms with Crippen molar-refractivity contribution in [2.24, 2.45) is 11.8 Å². The van der Waals surface area contributed by atoms with Crippen LogP contribution in [-0.2, 0) is 0 Å². The van der Waals surface area contributed by atoms with Gasteiger partial charge in [0.15, 0.2) is 0 Å². The fraction of sp³-hybridized carbons (Fsp3) is 0.933. The van der Waals surface area contributed by atoms with Crippen LogP contribution in [0.2, 0.25) is 0 Å². The molecule has 2 fully saturated rings. The molecule has 2 aliphatic rings. The lowest BCUT2D eigenvalue weighted by Gasteiger charge is -2.35. The van der Waals surface area contributed by atoms with Gasteiger partial charge in [-0.3, -0.25) is 0 Å². The van der Waals surface area contributed by atoms with Gasteiger partial charge in [0.2, 0.25) is 0 Å². The van der Waals surface area contributed by atoms with Crippen molar-refractivity contribution in [3.8, 4) is 0 Å². The number of hydrogen-bond donors (Lipinski definition) is 2. The fourth-order valence-corrected chi connectivity index (χ4v) is 3.57. The van der Waals surface area contributed by atoms with Gasteiger partial charge in [-0.25, -0.2) is 4.79 Å². The van der Waals surface area contributed by atoms with Crippen LogP contribution in [0.15, 0.2) is 0 Å². The molecule has 1 saturated heterocycles. The van der Waals surface area contributed by atoms with Crippen molar-refractivity contribution in [1.82, 2.24) is 10.2 Å². The second-order valence-electron chi connectivity index (χ2n) is 6.58. The van der Waals surface area contributed by atoms with E-state index in [1.807, 2.05) is 0 Å². The van der Waals surface area contributed by atoms with E-state index in [0.29, 0.717) is 38.8 Å². The van der Waals surface area contributed by atoms with Gasteiger partial charge in [0.25, 0.3) is 0 Å². The van der Waals surface area contributed by atoms with Gasteiger partial charge in [-0.2, -0.15) is 13.2 Å². The number of rotatable bonds is 3. The number of likely N-dealkylation sites (tertiary alicyclic amines) is 1. The SMILES string of the molecule is CC(O)C1CCN(C(=O)NC(C2CCCC2)C(F)(F)F)CC1. The number of carbonyl (C=O) groups is 1. The molecule has 0 spiro atoms. The first-order chi connectivity index (χ1) is 10.3. The number of carbonyl (C=O) groups excluding carboxylic acids is 1. The normalized spacial score (nSPS) is 24.3. The summed E-state index contributed by atoms with van der Waals surface area (Å²) in [5.41, 5.74) is 0. The molecule has 0 aromatic heterocycles. The summed E-state index contributed by atoms with van der Waals surface area (Å²) in [5.74, 6) is -0.378. The highest BCUT2D eigenvalue weighted by molar-refractivity contribution is 5.74. The van der Waals surface area contributed by atoms with Crippen LogP contribution in [0.4, 0.5) is 18.0 Å². The lowest BCUT2D eigenvalue weighted by Crippen LogP contribution is -2.55. The van der Waals surface area contributed by atoms with Crippen molar-refractivity contribution in [1.29, 1.82) is 0 Å². The molecule has 0 radical (unpaired) electrons. The van der Waals surface area contributed by atoms with Crippen LogP contribution in [0.3, 0.4) is 0 Å². The highest BCUT2D eigenvalue weighted by Crippen LogP contribution is 2.35. The van der Waals surface area contributed by atoms with E-state index in [9.17, 15) is 23.1 Å². The third kappa shape index (κ3) is 4.27. The lowest BCUT2D eigenvalue weighted by molar-refractivity contribution is -0.165. The molecule has 0 aromatic rings. The predicted octanol–water partition coefficient (Wildman–Crippen LogP) is 2.91. The summed E-state index contributed by atoms with van der Waals surface area (Å²) in [5, 5.41) is 11.7. The molecule has 2 amide bonds. The minimum absolute atomic E-state index is 0.122. The van der Waals surface area contributed by atoms with Gasteiger partial charge in [-0.1, -0.05) is 12.8 Å². The summed E-state index contributed by atoms with van der Waals surface area (Å²) in [6, 6.07) is -2.37. The number of halogens is 3. The Morgan fingerprint density at radius 3 is 2.14 bits per heavy atom. The number of aliphatic hydroxyl groups excluding tert-OH is 1. The molecule has 1 aliphatic carbocycles. The Morgan fingerprint density at radius 2 is 1.68 bits per heavy atom. The van der Waals surface area contributed by atoms with Crippen LogP contribution in [0, 0.1) is 11.8 Å². The van der Waals surface area contributed by atoms with Gasteiger partial charge in [-0.15, -0.1) is 0 Å². The van der Waals surface area contributed by atoms with Crippen molar-refractivity contribution >= 4 is 6.03 Å². The molecule has 2 N–H and O–H groups in total. The number of nitrogens with zero attached hydrogens (tertiary/aromatic N) is 1. The highest BCUT2D eigenvalue weighted by Gasteiger charge is 2.46. The molecule has 2 unspecified atom stereocenters. The summed E-state index contributed by atoms with van der Waals surface area (Å²) in [4.78, 5) is 13.6. The van der Waals surface area contributed by atoms with Gasteiger partial charge >= 0.3 is 12.2 Å². The molecule has 0 aromatic carbocycles. The van der Waals surface area contributed by atoms with E-state index in [2.05, 4.69) is 5.32 Å². The van der Waals surface area contributed by atoms with Crippen LogP contribution in [0.25, 0.3) is 0 Å². The number of nitrogens with one attached hydrogen (secondary N) is 1. The smallest absolute Gasteiger partial charge is 0.393 e. The third-order valence-electron chi connectivity index (χ3n) is 5.01. The molecule has 128 valence electrons. The first-order valence-corrected chi connectivity index (χ1v) is 8.09. The monoisotopic (exact) mass is 322 g/mol. The summed E-state index contributed by atoms with van der Waals surface area (Å²) >= 11 is 0. The maximum Gasteiger partial charge on any atom is 0.408 e. The van der Waals surface area contributed by atoms with Crippen LogP contribution in [0.5, 0.6) is 0 Å². The minimum atomic E-state index is -4.40. The van der Waals surface area contributed by atoms with E-state index in [4.69, 9.17) is 0 Å². The summed E-state index contributed by atoms with van der Waals surface area (Å²) in [7, 11) is 0. The topological polar surface area (TPSA) is 52.6 Å². The van der Waals surface area contributed by atoms with Crippen LogP contribution >= 0.6 is 0 Å². The standard InChI is InChI=1S/C15H25F3N2O2/c1-10(21)11-6-8-20(9-7-11)14(22)19-13(15(16,17)18)12-4-2-3-5-12/h10-13,21H,2-9H2,1H3,(H,19,22). The number of aliphatic hydroxyl groups is 1. The van der Waals surface area contributed by atoms with Crippen LogP contribution < -0.4 is 5.32 Å². The molecule has 0 bridgehead atoms. The predicted molar refractivity (Wildman–Crippen MR) is 76.3 cm³/mol. The van der Waals surface area contributed by atoms with Crippen molar-refractivity contribution in [2.75, 3.05) is 13.1 Å². The van der Waals surface area contributed by atoms with Crippen molar-refractivity contribution < 1.29 is 23.1 Å². The van der Waals surface area contributed by atoms with Crippen molar-refractivity contribution in [2.45, 2.75) is 63.8 Å². The summed E-state index contributed by atoms with van der Waals surface area (Å²) < 4.78 is 39.6. The molecule has 1 saturated carbocycles. The summed E-state index contributed by atoms with van der Waals surface area (Å²) in [6.07, 6.45) is -0.936. The van der Waals surface area contributed by atoms with E-state index < -0.39 is 30.3 Å². The quantitative estimate of drug-likeness (QED) is 0.839. The van der Waals surface area contributed by atoms with Gasteiger partial charge in [-0.05, 0) is 44.4 Å². The zero-order valence-electron chi connectivity index (χ0n) is 12.9. The van der Waals surface area contributed by atoms with Gasteiger partial charge < -0.3 is 15.3 Å². The Bertz CT molecular complexity index is 373. The lowest BCUT2D eigenvalue weighted by atomic mass is 9.92. The molecule has 1 heterocycles. The van der Waals surface area contributed by atoms with E-state index in [1.54, 1.807) is 6.92 Å². The number of hydrogen-bond acceptors (Lipinski definition) is 2. The Hall–Kier alpha value is -0.980. The van der Waals surface area contributed by atoms with Crippen molar-refractivity contribution in [3.05, 3.63) is 0 Å². The second-order valence-corrected chi connectivity index (χ2v) is 6.58. The maximum atomic E-state index is 13.2. The van der Waals surface area contributed by atoms with Gasteiger partial charge in [0.1, 0.15) is 6.04 Å². The molecule has 2 rings (SSSR count). The van der Waals surface area contributed by atoms with Crippen LogP contribution in [0.1, 0.15) is 45.4 Å². The Morgan fingerprint density at radius 1 is 1.14 bits per heavy atom. The Labute approximate surface area is 129 Å². The van der Waals surface area contributed by atoms with Crippen molar-refractivity contribution in [3.63, 3.8) is 0 Å². The zero-order chi connectivity index (χ0) is 16.3. The summed E-state index contributed by atoms with van der Waals surface area (Å²) in [6.45, 7) is 2.51. The maximum absolute atomic E-state index is 13.2. The second kappa shape index (κ2) is 7.06.